The number of pyridine rings is 2. The minimum atomic E-state index is -0.388. The Bertz CT molecular complexity index is 731. The van der Waals surface area contributed by atoms with E-state index < -0.39 is 0 Å². The lowest BCUT2D eigenvalue weighted by molar-refractivity contribution is 0.262. The van der Waals surface area contributed by atoms with Gasteiger partial charge in [0.2, 0.25) is 5.13 Å². The summed E-state index contributed by atoms with van der Waals surface area (Å²) in [6, 6.07) is 6.76. The van der Waals surface area contributed by atoms with E-state index in [0.29, 0.717) is 15.8 Å². The summed E-state index contributed by atoms with van der Waals surface area (Å²) in [5.74, 6) is 0. The van der Waals surface area contributed by atoms with Crippen molar-refractivity contribution in [3.05, 3.63) is 49.1 Å². The molecular formula is C13H10N6OS. The molecule has 3 aromatic heterocycles. The van der Waals surface area contributed by atoms with Gasteiger partial charge in [-0.15, -0.1) is 10.2 Å². The Labute approximate surface area is 124 Å². The van der Waals surface area contributed by atoms with Crippen molar-refractivity contribution >= 4 is 28.2 Å². The highest BCUT2D eigenvalue weighted by Crippen LogP contribution is 2.25. The predicted octanol–water partition coefficient (Wildman–Crippen LogP) is 2.64. The minimum Gasteiger partial charge on any atom is -0.306 e. The Balaban J connectivity index is 1.66. The van der Waals surface area contributed by atoms with E-state index in [1.807, 2.05) is 12.1 Å². The summed E-state index contributed by atoms with van der Waals surface area (Å²) >= 11 is 1.29. The molecule has 7 nitrogen and oxygen atoms in total. The van der Waals surface area contributed by atoms with Gasteiger partial charge in [0.1, 0.15) is 5.01 Å². The van der Waals surface area contributed by atoms with Crippen LogP contribution in [-0.2, 0) is 0 Å². The van der Waals surface area contributed by atoms with E-state index in [4.69, 9.17) is 0 Å². The molecule has 0 aromatic carbocycles. The molecule has 0 aliphatic carbocycles. The number of aromatic nitrogens is 4. The van der Waals surface area contributed by atoms with Gasteiger partial charge in [-0.3, -0.25) is 15.3 Å². The number of urea groups is 1. The van der Waals surface area contributed by atoms with Crippen LogP contribution in [0.5, 0.6) is 0 Å². The van der Waals surface area contributed by atoms with Gasteiger partial charge in [-0.2, -0.15) is 0 Å². The largest absolute Gasteiger partial charge is 0.325 e. The minimum absolute atomic E-state index is 0.388. The summed E-state index contributed by atoms with van der Waals surface area (Å²) in [6.45, 7) is 0. The van der Waals surface area contributed by atoms with Gasteiger partial charge in [0.25, 0.3) is 0 Å². The number of hydrogen-bond acceptors (Lipinski definition) is 6. The van der Waals surface area contributed by atoms with E-state index in [1.54, 1.807) is 36.9 Å². The van der Waals surface area contributed by atoms with Crippen molar-refractivity contribution in [3.63, 3.8) is 0 Å². The molecule has 0 unspecified atom stereocenters. The Hall–Kier alpha value is -2.87. The van der Waals surface area contributed by atoms with Crippen LogP contribution in [0.3, 0.4) is 0 Å². The lowest BCUT2D eigenvalue weighted by atomic mass is 10.3. The first-order chi connectivity index (χ1) is 10.3. The van der Waals surface area contributed by atoms with Gasteiger partial charge in [-0.1, -0.05) is 11.3 Å². The Morgan fingerprint density at radius 1 is 1.00 bits per heavy atom. The quantitative estimate of drug-likeness (QED) is 0.775. The molecule has 104 valence electrons. The van der Waals surface area contributed by atoms with Crippen molar-refractivity contribution < 1.29 is 4.79 Å². The molecule has 0 bridgehead atoms. The molecule has 0 atom stereocenters. The summed E-state index contributed by atoms with van der Waals surface area (Å²) in [6.07, 6.45) is 6.55. The summed E-state index contributed by atoms with van der Waals surface area (Å²) in [5, 5.41) is 14.4. The highest BCUT2D eigenvalue weighted by Gasteiger charge is 2.09. The van der Waals surface area contributed by atoms with E-state index in [1.165, 1.54) is 11.3 Å². The second-order valence-electron chi connectivity index (χ2n) is 3.97. The van der Waals surface area contributed by atoms with Crippen molar-refractivity contribution in [1.29, 1.82) is 0 Å². The molecule has 0 radical (unpaired) electrons. The summed E-state index contributed by atoms with van der Waals surface area (Å²) in [4.78, 5) is 19.7. The Kier molecular flexibility index (Phi) is 3.79. The zero-order valence-corrected chi connectivity index (χ0v) is 11.5. The van der Waals surface area contributed by atoms with E-state index in [-0.39, 0.29) is 6.03 Å². The first-order valence-corrected chi connectivity index (χ1v) is 6.85. The number of carbonyl (C=O) groups excluding carboxylic acids is 1. The van der Waals surface area contributed by atoms with Crippen LogP contribution in [0.4, 0.5) is 15.6 Å². The lowest BCUT2D eigenvalue weighted by Gasteiger charge is -2.03. The average Bonchev–Trinajstić information content (AvgIpc) is 2.97. The lowest BCUT2D eigenvalue weighted by Crippen LogP contribution is -2.19. The predicted molar refractivity (Wildman–Crippen MR) is 80.0 cm³/mol. The monoisotopic (exact) mass is 298 g/mol. The highest BCUT2D eigenvalue weighted by molar-refractivity contribution is 7.18. The van der Waals surface area contributed by atoms with Crippen molar-refractivity contribution in [2.24, 2.45) is 0 Å². The standard InChI is InChI=1S/C13H10N6OS/c20-12(16-10-2-1-5-15-8-10)17-13-19-18-11(21-13)9-3-6-14-7-4-9/h1-8H,(H2,16,17,19,20). The molecular weight excluding hydrogens is 288 g/mol. The maximum absolute atomic E-state index is 11.8. The second-order valence-corrected chi connectivity index (χ2v) is 4.95. The van der Waals surface area contributed by atoms with Crippen LogP contribution >= 0.6 is 11.3 Å². The third-order valence-corrected chi connectivity index (χ3v) is 3.38. The van der Waals surface area contributed by atoms with Gasteiger partial charge >= 0.3 is 6.03 Å². The zero-order valence-electron chi connectivity index (χ0n) is 10.7. The van der Waals surface area contributed by atoms with E-state index in [9.17, 15) is 4.79 Å². The number of anilines is 2. The number of nitrogens with one attached hydrogen (secondary N) is 2. The van der Waals surface area contributed by atoms with Crippen molar-refractivity contribution in [1.82, 2.24) is 20.2 Å². The SMILES string of the molecule is O=C(Nc1cccnc1)Nc1nnc(-c2ccncc2)s1. The smallest absolute Gasteiger partial charge is 0.306 e. The fourth-order valence-corrected chi connectivity index (χ4v) is 2.33. The molecule has 2 amide bonds. The molecule has 0 aliphatic heterocycles. The molecule has 0 saturated heterocycles. The second kappa shape index (κ2) is 6.06. The molecule has 3 aromatic rings. The number of nitrogens with zero attached hydrogens (tertiary/aromatic N) is 4. The first-order valence-electron chi connectivity index (χ1n) is 6.03. The first kappa shape index (κ1) is 13.1. The molecule has 3 rings (SSSR count). The number of carbonyl (C=O) groups is 1. The molecule has 8 heteroatoms. The average molecular weight is 298 g/mol. The molecule has 21 heavy (non-hydrogen) atoms. The molecule has 2 N–H and O–H groups in total. The van der Waals surface area contributed by atoms with Crippen LogP contribution in [0.15, 0.2) is 49.1 Å². The number of amides is 2. The molecule has 0 aliphatic rings. The number of rotatable bonds is 3. The van der Waals surface area contributed by atoms with Crippen LogP contribution < -0.4 is 10.6 Å². The van der Waals surface area contributed by atoms with Crippen molar-refractivity contribution in [3.8, 4) is 10.6 Å². The van der Waals surface area contributed by atoms with E-state index in [0.717, 1.165) is 5.56 Å². The third-order valence-electron chi connectivity index (χ3n) is 2.49. The van der Waals surface area contributed by atoms with Crippen LogP contribution in [-0.4, -0.2) is 26.2 Å². The zero-order chi connectivity index (χ0) is 14.5. The maximum atomic E-state index is 11.8. The van der Waals surface area contributed by atoms with Gasteiger partial charge in [-0.25, -0.2) is 4.79 Å². The number of hydrogen-bond donors (Lipinski definition) is 2. The topological polar surface area (TPSA) is 92.7 Å². The third kappa shape index (κ3) is 3.37. The summed E-state index contributed by atoms with van der Waals surface area (Å²) in [7, 11) is 0. The van der Waals surface area contributed by atoms with Crippen LogP contribution in [0.2, 0.25) is 0 Å². The van der Waals surface area contributed by atoms with Crippen LogP contribution in [0.25, 0.3) is 10.6 Å². The molecule has 3 heterocycles. The summed E-state index contributed by atoms with van der Waals surface area (Å²) < 4.78 is 0. The highest BCUT2D eigenvalue weighted by atomic mass is 32.1. The van der Waals surface area contributed by atoms with Crippen LogP contribution in [0.1, 0.15) is 0 Å². The van der Waals surface area contributed by atoms with Crippen molar-refractivity contribution in [2.45, 2.75) is 0 Å². The van der Waals surface area contributed by atoms with Gasteiger partial charge < -0.3 is 5.32 Å². The van der Waals surface area contributed by atoms with E-state index in [2.05, 4.69) is 30.8 Å². The molecule has 0 spiro atoms. The van der Waals surface area contributed by atoms with Gasteiger partial charge in [0.05, 0.1) is 11.9 Å². The fraction of sp³-hybridized carbons (Fsp3) is 0. The maximum Gasteiger partial charge on any atom is 0.325 e. The molecule has 0 saturated carbocycles. The van der Waals surface area contributed by atoms with Gasteiger partial charge in [-0.05, 0) is 24.3 Å². The Morgan fingerprint density at radius 2 is 1.86 bits per heavy atom. The Morgan fingerprint density at radius 3 is 2.62 bits per heavy atom. The fourth-order valence-electron chi connectivity index (χ4n) is 1.58. The molecule has 0 fully saturated rings. The van der Waals surface area contributed by atoms with Crippen LogP contribution in [0, 0.1) is 0 Å². The summed E-state index contributed by atoms with van der Waals surface area (Å²) in [5.41, 5.74) is 1.51. The van der Waals surface area contributed by atoms with Gasteiger partial charge in [0.15, 0.2) is 0 Å². The normalized spacial score (nSPS) is 10.1. The van der Waals surface area contributed by atoms with Gasteiger partial charge in [0, 0.05) is 24.2 Å². The van der Waals surface area contributed by atoms with Crippen molar-refractivity contribution in [2.75, 3.05) is 10.6 Å². The van der Waals surface area contributed by atoms with E-state index >= 15 is 0 Å².